The highest BCUT2D eigenvalue weighted by molar-refractivity contribution is 5.25. The van der Waals surface area contributed by atoms with Gasteiger partial charge >= 0.3 is 0 Å². The molecule has 0 aromatic carbocycles. The van der Waals surface area contributed by atoms with E-state index in [1.165, 1.54) is 128 Å². The SMILES string of the molecule is C1CCCCCCCCCCCCCCCCCCC1.CC1C2C(C3C1C(C)(C)C(C)(C)C(C)(C)C3(C)C)C(C)(C)C(C)(C)C(C)(C)C2(C)C. The molecule has 4 rings (SSSR count). The quantitative estimate of drug-likeness (QED) is 0.236. The van der Waals surface area contributed by atoms with E-state index >= 15 is 0 Å². The Morgan fingerprint density at radius 1 is 0.220 bits per heavy atom. The van der Waals surface area contributed by atoms with Gasteiger partial charge in [0.05, 0.1) is 0 Å². The molecule has 0 aromatic heterocycles. The van der Waals surface area contributed by atoms with Crippen molar-refractivity contribution < 1.29 is 0 Å². The summed E-state index contributed by atoms with van der Waals surface area (Å²) in [6.07, 6.45) is 30.0. The third kappa shape index (κ3) is 7.62. The lowest BCUT2D eigenvalue weighted by molar-refractivity contribution is -0.251. The second-order valence-electron chi connectivity index (χ2n) is 23.4. The Morgan fingerprint density at radius 2 is 0.340 bits per heavy atom. The minimum absolute atomic E-state index is 0.274. The van der Waals surface area contributed by atoms with Gasteiger partial charge in [0.15, 0.2) is 0 Å². The van der Waals surface area contributed by atoms with Crippen LogP contribution >= 0.6 is 0 Å². The number of rotatable bonds is 0. The van der Waals surface area contributed by atoms with E-state index in [1.807, 2.05) is 0 Å². The zero-order chi connectivity index (χ0) is 38.0. The zero-order valence-corrected chi connectivity index (χ0v) is 38.0. The Bertz CT molecular complexity index is 878. The van der Waals surface area contributed by atoms with Crippen LogP contribution in [0.3, 0.4) is 0 Å². The molecule has 4 atom stereocenters. The number of hydrogen-bond donors (Lipinski definition) is 0. The first-order chi connectivity index (χ1) is 22.9. The molecule has 0 radical (unpaired) electrons. The van der Waals surface area contributed by atoms with Crippen molar-refractivity contribution in [3.63, 3.8) is 0 Å². The predicted octanol–water partition coefficient (Wildman–Crippen LogP) is 17.1. The van der Waals surface area contributed by atoms with Crippen molar-refractivity contribution in [2.45, 2.75) is 246 Å². The smallest absolute Gasteiger partial charge is 0.0244 e. The summed E-state index contributed by atoms with van der Waals surface area (Å²) >= 11 is 0. The average molecular weight is 697 g/mol. The van der Waals surface area contributed by atoms with E-state index in [9.17, 15) is 0 Å². The molecule has 0 saturated heterocycles. The van der Waals surface area contributed by atoms with E-state index in [0.29, 0.717) is 21.7 Å². The fourth-order valence-corrected chi connectivity index (χ4v) is 13.8. The number of hydrogen-bond acceptors (Lipinski definition) is 0. The third-order valence-electron chi connectivity index (χ3n) is 20.2. The molecule has 4 aliphatic rings. The van der Waals surface area contributed by atoms with Crippen LogP contribution in [0.1, 0.15) is 246 Å². The van der Waals surface area contributed by atoms with Gasteiger partial charge in [0.25, 0.3) is 0 Å². The molecule has 0 aliphatic heterocycles. The Kier molecular flexibility index (Phi) is 14.6. The van der Waals surface area contributed by atoms with Crippen LogP contribution in [0.4, 0.5) is 0 Å². The van der Waals surface area contributed by atoms with Gasteiger partial charge in [0.2, 0.25) is 0 Å². The summed E-state index contributed by atoms with van der Waals surface area (Å²) in [7, 11) is 0. The summed E-state index contributed by atoms with van der Waals surface area (Å²) in [6.45, 7) is 44.5. The molecule has 0 heterocycles. The lowest BCUT2D eigenvalue weighted by Crippen LogP contribution is -2.67. The van der Waals surface area contributed by atoms with Crippen molar-refractivity contribution in [2.24, 2.45) is 72.9 Å². The second kappa shape index (κ2) is 16.4. The highest BCUT2D eigenvalue weighted by atomic mass is 14.8. The van der Waals surface area contributed by atoms with Gasteiger partial charge in [-0.2, -0.15) is 0 Å². The van der Waals surface area contributed by atoms with Crippen LogP contribution < -0.4 is 0 Å². The van der Waals surface area contributed by atoms with Gasteiger partial charge in [0, 0.05) is 0 Å². The highest BCUT2D eigenvalue weighted by Gasteiger charge is 2.78. The van der Waals surface area contributed by atoms with Crippen molar-refractivity contribution in [1.29, 1.82) is 0 Å². The predicted molar refractivity (Wildman–Crippen MR) is 226 cm³/mol. The molecule has 4 fully saturated rings. The van der Waals surface area contributed by atoms with Gasteiger partial charge in [-0.1, -0.05) is 246 Å². The summed E-state index contributed by atoms with van der Waals surface area (Å²) in [4.78, 5) is 0. The molecule has 296 valence electrons. The minimum Gasteiger partial charge on any atom is -0.0619 e. The summed E-state index contributed by atoms with van der Waals surface area (Å²) < 4.78 is 0. The molecule has 4 aliphatic carbocycles. The summed E-state index contributed by atoms with van der Waals surface area (Å²) in [5, 5.41) is 0. The molecule has 0 aromatic rings. The van der Waals surface area contributed by atoms with Crippen LogP contribution in [0.15, 0.2) is 0 Å². The van der Waals surface area contributed by atoms with Gasteiger partial charge < -0.3 is 0 Å². The monoisotopic (exact) mass is 697 g/mol. The average Bonchev–Trinajstić information content (AvgIpc) is 3.35. The maximum Gasteiger partial charge on any atom is -0.0244 e. The molecular formula is C50H96. The Balaban J connectivity index is 0.000000295. The molecule has 0 nitrogen and oxygen atoms in total. The van der Waals surface area contributed by atoms with Crippen molar-refractivity contribution in [3.8, 4) is 0 Å². The normalized spacial score (nSPS) is 36.8. The maximum atomic E-state index is 2.65. The molecule has 4 saturated carbocycles. The van der Waals surface area contributed by atoms with Gasteiger partial charge in [-0.05, 0) is 72.9 Å². The van der Waals surface area contributed by atoms with Crippen molar-refractivity contribution in [2.75, 3.05) is 0 Å². The minimum atomic E-state index is 0.274. The Hall–Kier alpha value is 0. The Morgan fingerprint density at radius 3 is 0.480 bits per heavy atom. The molecule has 0 heteroatoms. The van der Waals surface area contributed by atoms with Crippen molar-refractivity contribution in [3.05, 3.63) is 0 Å². The molecule has 0 amide bonds. The lowest BCUT2D eigenvalue weighted by atomic mass is 9.32. The Labute approximate surface area is 318 Å². The first kappa shape index (κ1) is 44.4. The summed E-state index contributed by atoms with van der Waals surface area (Å²) in [6, 6.07) is 0. The molecule has 0 spiro atoms. The zero-order valence-electron chi connectivity index (χ0n) is 38.0. The summed E-state index contributed by atoms with van der Waals surface area (Å²) in [5.41, 5.74) is 2.34. The molecule has 4 unspecified atom stereocenters. The third-order valence-corrected chi connectivity index (χ3v) is 20.2. The molecular weight excluding hydrogens is 601 g/mol. The van der Waals surface area contributed by atoms with Crippen LogP contribution in [0.25, 0.3) is 0 Å². The largest absolute Gasteiger partial charge is 0.0619 e. The van der Waals surface area contributed by atoms with E-state index < -0.39 is 0 Å². The first-order valence-corrected chi connectivity index (χ1v) is 22.9. The van der Waals surface area contributed by atoms with Gasteiger partial charge in [0.1, 0.15) is 0 Å². The lowest BCUT2D eigenvalue weighted by Gasteiger charge is -2.73. The van der Waals surface area contributed by atoms with E-state index in [4.69, 9.17) is 0 Å². The standard InChI is InChI=1S/C30H56.C20H40/c1-18-19-21(25(6,7)29(14,15)27(10,11)23(19,2)3)22-20(18)24(4,5)28(12,13)30(16,17)26(22,8)9;1-2-4-6-8-10-12-14-16-18-20-19-17-15-13-11-9-7-5-3-1/h18-22H,1-17H3;1-20H2. The maximum absolute atomic E-state index is 2.65. The second-order valence-corrected chi connectivity index (χ2v) is 23.4. The molecule has 0 N–H and O–H groups in total. The van der Waals surface area contributed by atoms with E-state index in [1.54, 1.807) is 0 Å². The van der Waals surface area contributed by atoms with Crippen molar-refractivity contribution in [1.82, 2.24) is 0 Å². The fraction of sp³-hybridized carbons (Fsp3) is 1.00. The van der Waals surface area contributed by atoms with E-state index in [0.717, 1.165) is 29.6 Å². The van der Waals surface area contributed by atoms with Crippen molar-refractivity contribution >= 4 is 0 Å². The van der Waals surface area contributed by atoms with Crippen LogP contribution in [-0.2, 0) is 0 Å². The van der Waals surface area contributed by atoms with Gasteiger partial charge in [-0.25, -0.2) is 0 Å². The van der Waals surface area contributed by atoms with Crippen LogP contribution in [-0.4, -0.2) is 0 Å². The van der Waals surface area contributed by atoms with Gasteiger partial charge in [-0.3, -0.25) is 0 Å². The highest BCUT2D eigenvalue weighted by Crippen LogP contribution is 2.83. The van der Waals surface area contributed by atoms with Crippen LogP contribution in [0, 0.1) is 72.9 Å². The van der Waals surface area contributed by atoms with Gasteiger partial charge in [-0.15, -0.1) is 0 Å². The number of fused-ring (bicyclic) bond motifs is 3. The molecule has 50 heavy (non-hydrogen) atoms. The topological polar surface area (TPSA) is 0 Å². The van der Waals surface area contributed by atoms with Crippen LogP contribution in [0.2, 0.25) is 0 Å². The first-order valence-electron chi connectivity index (χ1n) is 22.9. The summed E-state index contributed by atoms with van der Waals surface area (Å²) in [5.74, 6) is 3.83. The fourth-order valence-electron chi connectivity index (χ4n) is 13.8. The van der Waals surface area contributed by atoms with E-state index in [-0.39, 0.29) is 21.7 Å². The van der Waals surface area contributed by atoms with Crippen LogP contribution in [0.5, 0.6) is 0 Å². The van der Waals surface area contributed by atoms with E-state index in [2.05, 4.69) is 118 Å². The molecule has 0 bridgehead atoms.